The number of fused-ring (bicyclic) bond motifs is 1. The maximum atomic E-state index is 13.4. The number of halogens is 3. The number of hydrogen-bond donors (Lipinski definition) is 2. The van der Waals surface area contributed by atoms with Gasteiger partial charge in [-0.25, -0.2) is 14.6 Å². The molecule has 0 radical (unpaired) electrons. The topological polar surface area (TPSA) is 174 Å². The molecule has 2 saturated carbocycles. The minimum absolute atomic E-state index is 0.0278. The SMILES string of the molecule is Nc1nc(/C(=N/OC2CCCC2)C(=O)N[C@@H]2C(=O)N3C(C(=O)OC(=O)C(F)(F)F)=C(/C=C4/CCN(C5CC5)C4=O)CS[C@H]23)cs1. The molecule has 4 heterocycles. The van der Waals surface area contributed by atoms with E-state index in [0.29, 0.717) is 18.5 Å². The normalized spacial score (nSPS) is 25.0. The van der Waals surface area contributed by atoms with E-state index in [1.54, 1.807) is 4.90 Å². The number of aromatic nitrogens is 1. The van der Waals surface area contributed by atoms with Gasteiger partial charge >= 0.3 is 18.1 Å². The van der Waals surface area contributed by atoms with Crippen LogP contribution in [0, 0.1) is 0 Å². The van der Waals surface area contributed by atoms with Crippen LogP contribution in [-0.2, 0) is 33.5 Å². The van der Waals surface area contributed by atoms with Gasteiger partial charge in [-0.1, -0.05) is 5.16 Å². The number of nitrogen functional groups attached to an aromatic ring is 1. The van der Waals surface area contributed by atoms with Crippen molar-refractivity contribution in [1.29, 1.82) is 0 Å². The third-order valence-electron chi connectivity index (χ3n) is 7.96. The Balaban J connectivity index is 1.25. The molecule has 3 amide bonds. The van der Waals surface area contributed by atoms with Crippen LogP contribution in [0.25, 0.3) is 0 Å². The summed E-state index contributed by atoms with van der Waals surface area (Å²) < 4.78 is 43.0. The Morgan fingerprint density at radius 2 is 1.89 bits per heavy atom. The number of nitrogens with two attached hydrogens (primary N) is 1. The van der Waals surface area contributed by atoms with Gasteiger partial charge in [0, 0.05) is 29.3 Å². The van der Waals surface area contributed by atoms with Crippen LogP contribution in [0.15, 0.2) is 33.5 Å². The van der Waals surface area contributed by atoms with E-state index in [4.69, 9.17) is 10.6 Å². The standard InChI is InChI=1S/C27H27F3N6O7S2/c28-27(29,30)25(41)42-24(40)19-13(9-12-7-8-35(21(12)38)14-5-6-14)10-44-23-18(22(39)36(19)23)33-20(37)17(16-11-45-26(31)32-16)34-43-15-3-1-2-4-15/h9,11,14-15,18,23H,1-8,10H2,(H2,31,32)(H,33,37)/b12-9-,34-17-/t18-,23-/m1/s1. The molecule has 1 aromatic heterocycles. The van der Waals surface area contributed by atoms with E-state index in [1.807, 2.05) is 0 Å². The van der Waals surface area contributed by atoms with E-state index in [0.717, 1.165) is 66.5 Å². The van der Waals surface area contributed by atoms with Crippen LogP contribution >= 0.6 is 23.1 Å². The van der Waals surface area contributed by atoms with Crippen molar-refractivity contribution in [3.8, 4) is 0 Å². The molecular formula is C27H27F3N6O7S2. The van der Waals surface area contributed by atoms with Gasteiger partial charge in [-0.15, -0.1) is 23.1 Å². The van der Waals surface area contributed by atoms with Crippen LogP contribution in [0.1, 0.15) is 50.6 Å². The van der Waals surface area contributed by atoms with Gasteiger partial charge in [0.2, 0.25) is 5.91 Å². The first kappa shape index (κ1) is 31.1. The third-order valence-corrected chi connectivity index (χ3v) is 9.94. The van der Waals surface area contributed by atoms with E-state index in [2.05, 4.69) is 20.2 Å². The Bertz CT molecular complexity index is 1550. The fourth-order valence-electron chi connectivity index (χ4n) is 5.58. The molecule has 240 valence electrons. The number of thiazole rings is 1. The van der Waals surface area contributed by atoms with Gasteiger partial charge in [-0.3, -0.25) is 19.3 Å². The fourth-order valence-corrected chi connectivity index (χ4v) is 7.43. The zero-order chi connectivity index (χ0) is 32.0. The number of ether oxygens (including phenoxy) is 1. The largest absolute Gasteiger partial charge is 0.491 e. The van der Waals surface area contributed by atoms with Crippen LogP contribution in [-0.4, -0.2) is 92.2 Å². The van der Waals surface area contributed by atoms with Crippen LogP contribution in [0.4, 0.5) is 18.3 Å². The van der Waals surface area contributed by atoms with Crippen molar-refractivity contribution in [3.05, 3.63) is 34.0 Å². The maximum Gasteiger partial charge on any atom is 0.491 e. The lowest BCUT2D eigenvalue weighted by atomic mass is 10.0. The van der Waals surface area contributed by atoms with Gasteiger partial charge in [-0.2, -0.15) is 13.2 Å². The highest BCUT2D eigenvalue weighted by molar-refractivity contribution is 8.00. The molecule has 6 rings (SSSR count). The molecule has 2 atom stereocenters. The molecule has 18 heteroatoms. The summed E-state index contributed by atoms with van der Waals surface area (Å²) in [5, 5.41) is 7.31. The number of oxime groups is 1. The molecule has 1 aromatic rings. The molecule has 0 spiro atoms. The number of esters is 2. The molecule has 0 bridgehead atoms. The molecule has 0 unspecified atom stereocenters. The predicted octanol–water partition coefficient (Wildman–Crippen LogP) is 2.00. The molecule has 5 aliphatic rings. The number of anilines is 1. The summed E-state index contributed by atoms with van der Waals surface area (Å²) in [5.41, 5.74) is 5.42. The number of carbonyl (C=O) groups is 5. The number of β-lactam (4-membered cyclic amide) rings is 1. The quantitative estimate of drug-likeness (QED) is 0.104. The van der Waals surface area contributed by atoms with Crippen LogP contribution in [0.3, 0.4) is 0 Å². The molecule has 45 heavy (non-hydrogen) atoms. The first-order valence-corrected chi connectivity index (χ1v) is 16.1. The Morgan fingerprint density at radius 1 is 1.16 bits per heavy atom. The average Bonchev–Trinajstić information content (AvgIpc) is 3.32. The van der Waals surface area contributed by atoms with Crippen molar-refractivity contribution < 1.29 is 46.7 Å². The lowest BCUT2D eigenvalue weighted by Gasteiger charge is -2.49. The fraction of sp³-hybridized carbons (Fsp3) is 0.519. The van der Waals surface area contributed by atoms with E-state index >= 15 is 0 Å². The number of likely N-dealkylation sites (tertiary alicyclic amines) is 1. The lowest BCUT2D eigenvalue weighted by molar-refractivity contribution is -0.201. The number of nitrogens with one attached hydrogen (secondary N) is 1. The van der Waals surface area contributed by atoms with Crippen molar-refractivity contribution >= 4 is 63.6 Å². The highest BCUT2D eigenvalue weighted by atomic mass is 32.2. The van der Waals surface area contributed by atoms with E-state index in [1.165, 1.54) is 11.5 Å². The van der Waals surface area contributed by atoms with Crippen LogP contribution in [0.2, 0.25) is 0 Å². The number of alkyl halides is 3. The zero-order valence-electron chi connectivity index (χ0n) is 23.5. The number of carbonyl (C=O) groups excluding carboxylic acids is 5. The second-order valence-corrected chi connectivity index (χ2v) is 13.1. The number of thioether (sulfide) groups is 1. The van der Waals surface area contributed by atoms with E-state index in [-0.39, 0.29) is 45.9 Å². The Kier molecular flexibility index (Phi) is 8.36. The monoisotopic (exact) mass is 668 g/mol. The van der Waals surface area contributed by atoms with Crippen LogP contribution in [0.5, 0.6) is 0 Å². The second-order valence-electron chi connectivity index (χ2n) is 11.1. The number of amides is 3. The summed E-state index contributed by atoms with van der Waals surface area (Å²) in [6.07, 6.45) is 1.25. The van der Waals surface area contributed by atoms with Crippen molar-refractivity contribution in [2.24, 2.45) is 5.16 Å². The molecule has 2 aliphatic carbocycles. The zero-order valence-corrected chi connectivity index (χ0v) is 25.1. The second kappa shape index (κ2) is 12.1. The Labute approximate surface area is 262 Å². The van der Waals surface area contributed by atoms with Gasteiger partial charge in [-0.05, 0) is 56.6 Å². The molecule has 13 nitrogen and oxygen atoms in total. The molecule has 0 aromatic carbocycles. The summed E-state index contributed by atoms with van der Waals surface area (Å²) in [7, 11) is 0. The number of allylic oxidation sites excluding steroid dienone is 1. The predicted molar refractivity (Wildman–Crippen MR) is 153 cm³/mol. The van der Waals surface area contributed by atoms with Crippen molar-refractivity contribution in [3.63, 3.8) is 0 Å². The minimum atomic E-state index is -5.46. The number of nitrogens with zero attached hydrogens (tertiary/aromatic N) is 4. The Morgan fingerprint density at radius 3 is 2.53 bits per heavy atom. The summed E-state index contributed by atoms with van der Waals surface area (Å²) in [6, 6.07) is -1.08. The third kappa shape index (κ3) is 6.29. The summed E-state index contributed by atoms with van der Waals surface area (Å²) >= 11 is 2.18. The molecule has 3 aliphatic heterocycles. The van der Waals surface area contributed by atoms with Crippen molar-refractivity contribution in [2.45, 2.75) is 74.7 Å². The summed E-state index contributed by atoms with van der Waals surface area (Å²) in [4.78, 5) is 76.5. The summed E-state index contributed by atoms with van der Waals surface area (Å²) in [6.45, 7) is 0.459. The van der Waals surface area contributed by atoms with Gasteiger partial charge in [0.15, 0.2) is 10.8 Å². The van der Waals surface area contributed by atoms with Gasteiger partial charge < -0.3 is 25.5 Å². The minimum Gasteiger partial charge on any atom is -0.392 e. The first-order valence-electron chi connectivity index (χ1n) is 14.2. The van der Waals surface area contributed by atoms with Gasteiger partial charge in [0.1, 0.15) is 28.9 Å². The first-order chi connectivity index (χ1) is 21.4. The average molecular weight is 669 g/mol. The summed E-state index contributed by atoms with van der Waals surface area (Å²) in [5.74, 6) is -6.38. The van der Waals surface area contributed by atoms with Gasteiger partial charge in [0.25, 0.3) is 11.8 Å². The highest BCUT2D eigenvalue weighted by Gasteiger charge is 2.55. The number of rotatable bonds is 8. The maximum absolute atomic E-state index is 13.4. The lowest BCUT2D eigenvalue weighted by Crippen LogP contribution is -2.71. The smallest absolute Gasteiger partial charge is 0.392 e. The molecule has 3 N–H and O–H groups in total. The number of hydrogen-bond acceptors (Lipinski definition) is 12. The van der Waals surface area contributed by atoms with E-state index in [9.17, 15) is 37.1 Å². The van der Waals surface area contributed by atoms with Gasteiger partial charge in [0.05, 0.1) is 0 Å². The van der Waals surface area contributed by atoms with Crippen LogP contribution < -0.4 is 11.1 Å². The van der Waals surface area contributed by atoms with Crippen molar-refractivity contribution in [2.75, 3.05) is 18.0 Å². The Hall–Kier alpha value is -3.93. The molecule has 2 saturated heterocycles. The van der Waals surface area contributed by atoms with E-state index < -0.39 is 47.0 Å². The highest BCUT2D eigenvalue weighted by Crippen LogP contribution is 2.42. The molecule has 4 fully saturated rings. The molecular weight excluding hydrogens is 641 g/mol. The van der Waals surface area contributed by atoms with Crippen molar-refractivity contribution in [1.82, 2.24) is 20.1 Å².